The van der Waals surface area contributed by atoms with E-state index in [2.05, 4.69) is 10.2 Å². The fourth-order valence-electron chi connectivity index (χ4n) is 3.22. The number of amides is 1. The van der Waals surface area contributed by atoms with Gasteiger partial charge in [0.1, 0.15) is 5.75 Å². The zero-order valence-electron chi connectivity index (χ0n) is 15.9. The summed E-state index contributed by atoms with van der Waals surface area (Å²) in [5.41, 5.74) is -0.873. The van der Waals surface area contributed by atoms with Gasteiger partial charge in [-0.1, -0.05) is 25.0 Å². The monoisotopic (exact) mass is 386 g/mol. The van der Waals surface area contributed by atoms with Crippen molar-refractivity contribution in [3.8, 4) is 5.75 Å². The van der Waals surface area contributed by atoms with Crippen LogP contribution in [0.5, 0.6) is 5.75 Å². The number of nitrogens with one attached hydrogen (secondary N) is 1. The van der Waals surface area contributed by atoms with Gasteiger partial charge in [0.2, 0.25) is 0 Å². The SMILES string of the molecule is CC(Oc1ccccc1C(F)(F)F)C(=O)NCCCCCN1CCCCC1. The Morgan fingerprint density at radius 1 is 1.15 bits per heavy atom. The van der Waals surface area contributed by atoms with E-state index in [1.807, 2.05) is 0 Å². The molecular formula is C20H29F3N2O2. The number of carbonyl (C=O) groups is 1. The van der Waals surface area contributed by atoms with Crippen LogP contribution < -0.4 is 10.1 Å². The summed E-state index contributed by atoms with van der Waals surface area (Å²) in [4.78, 5) is 14.5. The second kappa shape index (κ2) is 10.5. The molecule has 1 saturated heterocycles. The van der Waals surface area contributed by atoms with Gasteiger partial charge >= 0.3 is 6.18 Å². The number of carbonyl (C=O) groups excluding carboxylic acids is 1. The van der Waals surface area contributed by atoms with Crippen LogP contribution in [0, 0.1) is 0 Å². The Bertz CT molecular complexity index is 587. The maximum Gasteiger partial charge on any atom is 0.419 e. The van der Waals surface area contributed by atoms with Gasteiger partial charge in [0, 0.05) is 6.54 Å². The largest absolute Gasteiger partial charge is 0.480 e. The number of nitrogens with zero attached hydrogens (tertiary/aromatic N) is 1. The highest BCUT2D eigenvalue weighted by Crippen LogP contribution is 2.36. The Hall–Kier alpha value is -1.76. The van der Waals surface area contributed by atoms with Crippen molar-refractivity contribution in [3.63, 3.8) is 0 Å². The molecule has 1 unspecified atom stereocenters. The molecule has 1 fully saturated rings. The van der Waals surface area contributed by atoms with E-state index in [4.69, 9.17) is 4.74 Å². The first-order valence-electron chi connectivity index (χ1n) is 9.71. The molecule has 2 rings (SSSR count). The van der Waals surface area contributed by atoms with Gasteiger partial charge in [-0.25, -0.2) is 0 Å². The van der Waals surface area contributed by atoms with Crippen molar-refractivity contribution in [2.24, 2.45) is 0 Å². The van der Waals surface area contributed by atoms with Crippen LogP contribution in [-0.2, 0) is 11.0 Å². The van der Waals surface area contributed by atoms with Crippen molar-refractivity contribution in [2.45, 2.75) is 57.7 Å². The molecule has 0 spiro atoms. The number of unbranched alkanes of at least 4 members (excludes halogenated alkanes) is 2. The van der Waals surface area contributed by atoms with E-state index < -0.39 is 23.8 Å². The molecule has 0 saturated carbocycles. The van der Waals surface area contributed by atoms with Crippen LogP contribution in [0.2, 0.25) is 0 Å². The van der Waals surface area contributed by atoms with E-state index in [1.54, 1.807) is 0 Å². The van der Waals surface area contributed by atoms with Gasteiger partial charge in [-0.3, -0.25) is 4.79 Å². The predicted octanol–water partition coefficient (Wildman–Crippen LogP) is 4.25. The standard InChI is InChI=1S/C20H29F3N2O2/c1-16(27-18-11-5-4-10-17(18)20(21,22)23)19(26)24-12-6-2-7-13-25-14-8-3-9-15-25/h4-5,10-11,16H,2-3,6-9,12-15H2,1H3,(H,24,26). The minimum atomic E-state index is -4.51. The first kappa shape index (κ1) is 21.5. The van der Waals surface area contributed by atoms with Gasteiger partial charge in [-0.15, -0.1) is 0 Å². The van der Waals surface area contributed by atoms with Gasteiger partial charge in [0.05, 0.1) is 5.56 Å². The second-order valence-electron chi connectivity index (χ2n) is 7.01. The second-order valence-corrected chi connectivity index (χ2v) is 7.01. The number of alkyl halides is 3. The third-order valence-corrected chi connectivity index (χ3v) is 4.76. The van der Waals surface area contributed by atoms with Gasteiger partial charge in [0.15, 0.2) is 6.10 Å². The highest BCUT2D eigenvalue weighted by Gasteiger charge is 2.34. The molecular weight excluding hydrogens is 357 g/mol. The topological polar surface area (TPSA) is 41.6 Å². The minimum absolute atomic E-state index is 0.325. The first-order chi connectivity index (χ1) is 12.9. The summed E-state index contributed by atoms with van der Waals surface area (Å²) in [7, 11) is 0. The zero-order valence-corrected chi connectivity index (χ0v) is 15.9. The molecule has 1 aromatic carbocycles. The number of piperidine rings is 1. The summed E-state index contributed by atoms with van der Waals surface area (Å²) < 4.78 is 44.2. The molecule has 1 amide bonds. The molecule has 1 aromatic rings. The van der Waals surface area contributed by atoms with Crippen molar-refractivity contribution >= 4 is 5.91 Å². The fraction of sp³-hybridized carbons (Fsp3) is 0.650. The summed E-state index contributed by atoms with van der Waals surface area (Å²) in [6.07, 6.45) is 1.37. The number of para-hydroxylation sites is 1. The van der Waals surface area contributed by atoms with E-state index in [0.717, 1.165) is 31.9 Å². The molecule has 1 aliphatic heterocycles. The molecule has 1 heterocycles. The average molecular weight is 386 g/mol. The molecule has 27 heavy (non-hydrogen) atoms. The predicted molar refractivity (Wildman–Crippen MR) is 98.7 cm³/mol. The quantitative estimate of drug-likeness (QED) is 0.646. The summed E-state index contributed by atoms with van der Waals surface area (Å²) >= 11 is 0. The Labute approximate surface area is 159 Å². The molecule has 1 N–H and O–H groups in total. The smallest absolute Gasteiger partial charge is 0.419 e. The van der Waals surface area contributed by atoms with Gasteiger partial charge in [-0.2, -0.15) is 13.2 Å². The molecule has 7 heteroatoms. The van der Waals surface area contributed by atoms with E-state index in [-0.39, 0.29) is 5.75 Å². The third-order valence-electron chi connectivity index (χ3n) is 4.76. The lowest BCUT2D eigenvalue weighted by Crippen LogP contribution is -2.37. The number of halogens is 3. The number of ether oxygens (including phenoxy) is 1. The van der Waals surface area contributed by atoms with Crippen LogP contribution in [0.3, 0.4) is 0 Å². The maximum absolute atomic E-state index is 13.0. The third kappa shape index (κ3) is 7.40. The number of hydrogen-bond donors (Lipinski definition) is 1. The molecule has 1 aliphatic rings. The summed E-state index contributed by atoms with van der Waals surface area (Å²) in [5.74, 6) is -0.725. The number of hydrogen-bond acceptors (Lipinski definition) is 3. The highest BCUT2D eigenvalue weighted by atomic mass is 19.4. The van der Waals surface area contributed by atoms with Crippen molar-refractivity contribution in [1.82, 2.24) is 10.2 Å². The highest BCUT2D eigenvalue weighted by molar-refractivity contribution is 5.80. The van der Waals surface area contributed by atoms with Crippen LogP contribution in [0.4, 0.5) is 13.2 Å². The van der Waals surface area contributed by atoms with Crippen molar-refractivity contribution in [3.05, 3.63) is 29.8 Å². The first-order valence-corrected chi connectivity index (χ1v) is 9.71. The van der Waals surface area contributed by atoms with Crippen LogP contribution in [-0.4, -0.2) is 43.1 Å². The van der Waals surface area contributed by atoms with Gasteiger partial charge in [-0.05, 0) is 64.4 Å². The van der Waals surface area contributed by atoms with E-state index in [0.29, 0.717) is 6.54 Å². The summed E-state index contributed by atoms with van der Waals surface area (Å²) in [6, 6.07) is 4.93. The van der Waals surface area contributed by atoms with Crippen LogP contribution in [0.1, 0.15) is 51.0 Å². The van der Waals surface area contributed by atoms with E-state index in [9.17, 15) is 18.0 Å². The average Bonchev–Trinajstić information content (AvgIpc) is 2.64. The molecule has 0 aliphatic carbocycles. The lowest BCUT2D eigenvalue weighted by atomic mass is 10.1. The molecule has 152 valence electrons. The van der Waals surface area contributed by atoms with E-state index >= 15 is 0 Å². The van der Waals surface area contributed by atoms with Gasteiger partial charge in [0.25, 0.3) is 5.91 Å². The van der Waals surface area contributed by atoms with E-state index in [1.165, 1.54) is 57.5 Å². The van der Waals surface area contributed by atoms with Crippen molar-refractivity contribution in [2.75, 3.05) is 26.2 Å². The fourth-order valence-corrected chi connectivity index (χ4v) is 3.22. The lowest BCUT2D eigenvalue weighted by molar-refractivity contribution is -0.140. The lowest BCUT2D eigenvalue weighted by Gasteiger charge is -2.26. The van der Waals surface area contributed by atoms with Gasteiger partial charge < -0.3 is 15.0 Å². The summed E-state index contributed by atoms with van der Waals surface area (Å²) in [6.45, 7) is 5.43. The Balaban J connectivity index is 1.66. The Morgan fingerprint density at radius 2 is 1.85 bits per heavy atom. The van der Waals surface area contributed by atoms with Crippen LogP contribution in [0.25, 0.3) is 0 Å². The maximum atomic E-state index is 13.0. The number of benzene rings is 1. The molecule has 0 bridgehead atoms. The number of likely N-dealkylation sites (tertiary alicyclic amines) is 1. The van der Waals surface area contributed by atoms with Crippen LogP contribution in [0.15, 0.2) is 24.3 Å². The van der Waals surface area contributed by atoms with Crippen molar-refractivity contribution < 1.29 is 22.7 Å². The molecule has 4 nitrogen and oxygen atoms in total. The number of rotatable bonds is 9. The molecule has 0 radical (unpaired) electrons. The Morgan fingerprint density at radius 3 is 2.56 bits per heavy atom. The Kier molecular flexibility index (Phi) is 8.41. The minimum Gasteiger partial charge on any atom is -0.480 e. The summed E-state index contributed by atoms with van der Waals surface area (Å²) in [5, 5.41) is 2.74. The zero-order chi connectivity index (χ0) is 19.7. The van der Waals surface area contributed by atoms with Crippen molar-refractivity contribution in [1.29, 1.82) is 0 Å². The normalized spacial score (nSPS) is 16.7. The molecule has 1 atom stereocenters. The van der Waals surface area contributed by atoms with Crippen LogP contribution >= 0.6 is 0 Å². The molecule has 0 aromatic heterocycles.